The summed E-state index contributed by atoms with van der Waals surface area (Å²) in [5.74, 6) is 0.762. The van der Waals surface area contributed by atoms with Crippen molar-refractivity contribution >= 4 is 22.6 Å². The second-order valence-corrected chi connectivity index (χ2v) is 7.46. The van der Waals surface area contributed by atoms with Crippen molar-refractivity contribution in [2.75, 3.05) is 44.8 Å². The lowest BCUT2D eigenvalue weighted by molar-refractivity contribution is -0.116. The third-order valence-electron chi connectivity index (χ3n) is 5.56. The molecule has 0 saturated carbocycles. The molecule has 0 bridgehead atoms. The van der Waals surface area contributed by atoms with Gasteiger partial charge in [-0.15, -0.1) is 0 Å². The smallest absolute Gasteiger partial charge is 0.239 e. The molecule has 0 spiro atoms. The van der Waals surface area contributed by atoms with Crippen LogP contribution < -0.4 is 10.1 Å². The van der Waals surface area contributed by atoms with E-state index < -0.39 is 5.92 Å². The number of hydrogen-bond donors (Lipinski definition) is 1. The Kier molecular flexibility index (Phi) is 5.25. The first-order valence-electron chi connectivity index (χ1n) is 10.2. The van der Waals surface area contributed by atoms with Gasteiger partial charge in [-0.05, 0) is 24.6 Å². The van der Waals surface area contributed by atoms with Crippen LogP contribution in [0.25, 0.3) is 10.9 Å². The third-order valence-corrected chi connectivity index (χ3v) is 5.56. The number of carbonyl (C=O) groups is 1. The number of nitrogens with one attached hydrogen (secondary N) is 1. The fraction of sp³-hybridized carbons (Fsp3) is 0.364. The molecule has 1 atom stereocenters. The van der Waals surface area contributed by atoms with E-state index >= 15 is 0 Å². The Morgan fingerprint density at radius 3 is 2.97 bits per heavy atom. The Morgan fingerprint density at radius 2 is 2.07 bits per heavy atom. The number of rotatable bonds is 6. The molecule has 0 radical (unpaired) electrons. The molecule has 2 aliphatic rings. The zero-order valence-electron chi connectivity index (χ0n) is 16.6. The van der Waals surface area contributed by atoms with Gasteiger partial charge in [0.15, 0.2) is 0 Å². The molecule has 5 rings (SSSR count). The van der Waals surface area contributed by atoms with Gasteiger partial charge in [0.25, 0.3) is 0 Å². The van der Waals surface area contributed by atoms with Gasteiger partial charge in [0.1, 0.15) is 23.8 Å². The maximum atomic E-state index is 12.6. The molecule has 1 fully saturated rings. The number of ether oxygens (including phenoxy) is 2. The van der Waals surface area contributed by atoms with Gasteiger partial charge in [-0.2, -0.15) is 0 Å². The summed E-state index contributed by atoms with van der Waals surface area (Å²) < 4.78 is 11.3. The first-order valence-corrected chi connectivity index (χ1v) is 10.2. The van der Waals surface area contributed by atoms with Crippen LogP contribution in [0.5, 0.6) is 5.75 Å². The molecule has 3 aromatic rings. The van der Waals surface area contributed by atoms with Crippen LogP contribution in [0.15, 0.2) is 42.9 Å². The van der Waals surface area contributed by atoms with Crippen molar-refractivity contribution in [1.82, 2.24) is 19.9 Å². The maximum Gasteiger partial charge on any atom is 0.239 e. The highest BCUT2D eigenvalue weighted by molar-refractivity contribution is 6.05. The number of aromatic nitrogens is 3. The van der Waals surface area contributed by atoms with Crippen LogP contribution in [0.1, 0.15) is 23.6 Å². The Morgan fingerprint density at radius 1 is 1.17 bits per heavy atom. The van der Waals surface area contributed by atoms with E-state index in [9.17, 15) is 4.79 Å². The Bertz CT molecular complexity index is 1070. The number of nitrogens with zero attached hydrogens (tertiary/aromatic N) is 4. The van der Waals surface area contributed by atoms with Crippen LogP contribution in [-0.4, -0.2) is 65.2 Å². The summed E-state index contributed by atoms with van der Waals surface area (Å²) in [5, 5.41) is 3.68. The van der Waals surface area contributed by atoms with Crippen molar-refractivity contribution < 1.29 is 14.3 Å². The minimum absolute atomic E-state index is 0.118. The summed E-state index contributed by atoms with van der Waals surface area (Å²) in [4.78, 5) is 28.1. The van der Waals surface area contributed by atoms with Gasteiger partial charge in [0, 0.05) is 42.8 Å². The second kappa shape index (κ2) is 8.33. The number of morpholine rings is 1. The van der Waals surface area contributed by atoms with Gasteiger partial charge in [0.05, 0.1) is 31.0 Å². The molecule has 4 heterocycles. The van der Waals surface area contributed by atoms with Crippen molar-refractivity contribution in [3.63, 3.8) is 0 Å². The molecule has 0 aliphatic carbocycles. The van der Waals surface area contributed by atoms with E-state index in [4.69, 9.17) is 9.47 Å². The lowest BCUT2D eigenvalue weighted by Crippen LogP contribution is -2.37. The van der Waals surface area contributed by atoms with Crippen LogP contribution in [0.4, 0.5) is 5.82 Å². The lowest BCUT2D eigenvalue weighted by Gasteiger charge is -2.26. The molecule has 154 valence electrons. The second-order valence-electron chi connectivity index (χ2n) is 7.46. The Balaban J connectivity index is 1.31. The van der Waals surface area contributed by atoms with E-state index in [1.165, 1.54) is 6.33 Å². The number of amides is 1. The summed E-state index contributed by atoms with van der Waals surface area (Å²) >= 11 is 0. The number of fused-ring (bicyclic) bond motifs is 2. The fourth-order valence-electron chi connectivity index (χ4n) is 4.04. The number of carbonyl (C=O) groups excluding carboxylic acids is 1. The fourth-order valence-corrected chi connectivity index (χ4v) is 4.04. The van der Waals surface area contributed by atoms with E-state index in [1.807, 2.05) is 30.3 Å². The number of benzene rings is 1. The molecule has 1 saturated heterocycles. The van der Waals surface area contributed by atoms with Gasteiger partial charge in [-0.25, -0.2) is 15.0 Å². The number of hydrogen-bond acceptors (Lipinski definition) is 7. The van der Waals surface area contributed by atoms with Gasteiger partial charge in [0.2, 0.25) is 5.91 Å². The molecule has 2 aliphatic heterocycles. The van der Waals surface area contributed by atoms with Crippen LogP contribution in [0, 0.1) is 0 Å². The molecule has 8 heteroatoms. The van der Waals surface area contributed by atoms with Crippen molar-refractivity contribution in [3.8, 4) is 5.75 Å². The van der Waals surface area contributed by atoms with Crippen molar-refractivity contribution in [3.05, 3.63) is 54.1 Å². The van der Waals surface area contributed by atoms with E-state index in [2.05, 4.69) is 25.2 Å². The third kappa shape index (κ3) is 3.71. The Labute approximate surface area is 174 Å². The van der Waals surface area contributed by atoms with Crippen LogP contribution in [0.2, 0.25) is 0 Å². The highest BCUT2D eigenvalue weighted by atomic mass is 16.5. The number of anilines is 1. The topological polar surface area (TPSA) is 89.5 Å². The SMILES string of the molecule is O=C1Nc2ncccc2C1c1ncnc2cc(OCCCN3CCOCC3)ccc12. The Hall–Kier alpha value is -3.10. The van der Waals surface area contributed by atoms with Gasteiger partial charge < -0.3 is 14.8 Å². The highest BCUT2D eigenvalue weighted by Gasteiger charge is 2.34. The molecular weight excluding hydrogens is 382 g/mol. The predicted molar refractivity (Wildman–Crippen MR) is 112 cm³/mol. The van der Waals surface area contributed by atoms with E-state index in [1.54, 1.807) is 6.20 Å². The minimum Gasteiger partial charge on any atom is -0.493 e. The largest absolute Gasteiger partial charge is 0.493 e. The maximum absolute atomic E-state index is 12.6. The quantitative estimate of drug-likeness (QED) is 0.629. The normalized spacial score (nSPS) is 18.9. The predicted octanol–water partition coefficient (Wildman–Crippen LogP) is 2.21. The van der Waals surface area contributed by atoms with Crippen molar-refractivity contribution in [2.24, 2.45) is 0 Å². The molecule has 2 aromatic heterocycles. The molecule has 8 nitrogen and oxygen atoms in total. The molecule has 1 amide bonds. The summed E-state index contributed by atoms with van der Waals surface area (Å²) in [5.41, 5.74) is 2.28. The van der Waals surface area contributed by atoms with Crippen LogP contribution in [0.3, 0.4) is 0 Å². The molecule has 1 aromatic carbocycles. The zero-order valence-corrected chi connectivity index (χ0v) is 16.6. The average molecular weight is 405 g/mol. The summed E-state index contributed by atoms with van der Waals surface area (Å²) in [6.45, 7) is 5.25. The van der Waals surface area contributed by atoms with E-state index in [0.717, 1.165) is 61.5 Å². The molecule has 1 N–H and O–H groups in total. The summed E-state index contributed by atoms with van der Waals surface area (Å²) in [7, 11) is 0. The summed E-state index contributed by atoms with van der Waals surface area (Å²) in [6.07, 6.45) is 4.13. The van der Waals surface area contributed by atoms with Crippen molar-refractivity contribution in [1.29, 1.82) is 0 Å². The zero-order chi connectivity index (χ0) is 20.3. The standard InChI is InChI=1S/C22H23N5O3/c28-22-19(17-3-1-6-23-21(17)26-22)20-16-5-4-15(13-18(16)24-14-25-20)30-10-2-7-27-8-11-29-12-9-27/h1,3-6,13-14,19H,2,7-12H2,(H,23,26,28). The van der Waals surface area contributed by atoms with Gasteiger partial charge in [-0.3, -0.25) is 9.69 Å². The average Bonchev–Trinajstić information content (AvgIpc) is 3.12. The minimum atomic E-state index is -0.487. The first kappa shape index (κ1) is 18.9. The van der Waals surface area contributed by atoms with Gasteiger partial charge in [-0.1, -0.05) is 6.07 Å². The first-order chi connectivity index (χ1) is 14.8. The van der Waals surface area contributed by atoms with Crippen LogP contribution >= 0.6 is 0 Å². The van der Waals surface area contributed by atoms with Crippen molar-refractivity contribution in [2.45, 2.75) is 12.3 Å². The summed E-state index contributed by atoms with van der Waals surface area (Å²) in [6, 6.07) is 9.50. The lowest BCUT2D eigenvalue weighted by atomic mass is 9.95. The molecule has 1 unspecified atom stereocenters. The van der Waals surface area contributed by atoms with Crippen LogP contribution in [-0.2, 0) is 9.53 Å². The van der Waals surface area contributed by atoms with E-state index in [0.29, 0.717) is 18.1 Å². The van der Waals surface area contributed by atoms with Gasteiger partial charge >= 0.3 is 0 Å². The van der Waals surface area contributed by atoms with E-state index in [-0.39, 0.29) is 5.91 Å². The number of pyridine rings is 1. The molecule has 30 heavy (non-hydrogen) atoms. The molecular formula is C22H23N5O3. The highest BCUT2D eigenvalue weighted by Crippen LogP contribution is 2.37. The monoisotopic (exact) mass is 405 g/mol.